The molecule has 0 amide bonds. The van der Waals surface area contributed by atoms with Crippen LogP contribution >= 0.6 is 0 Å². The zero-order valence-corrected chi connectivity index (χ0v) is 74.2. The molecule has 0 heterocycles. The van der Waals surface area contributed by atoms with Crippen molar-refractivity contribution in [3.05, 3.63) is 12.2 Å². The average molecular weight is 1990 g/mol. The molecule has 32 nitrogen and oxygen atoms in total. The first-order valence-electron chi connectivity index (χ1n) is 39.2. The molecule has 0 saturated heterocycles. The van der Waals surface area contributed by atoms with Gasteiger partial charge in [-0.2, -0.15) is 26.3 Å². The second-order valence-corrected chi connectivity index (χ2v) is 31.1. The van der Waals surface area contributed by atoms with Crippen LogP contribution in [0.25, 0.3) is 0 Å². The number of halogens is 8. The van der Waals surface area contributed by atoms with Gasteiger partial charge in [0.05, 0.1) is 63.6 Å². The van der Waals surface area contributed by atoms with Crippen molar-refractivity contribution in [1.82, 2.24) is 0 Å². The minimum Gasteiger partial charge on any atom is -0.462 e. The van der Waals surface area contributed by atoms with Gasteiger partial charge < -0.3 is 75.8 Å². The van der Waals surface area contributed by atoms with Crippen LogP contribution in [0.4, 0.5) is 35.1 Å². The van der Waals surface area contributed by atoms with Crippen LogP contribution in [0.1, 0.15) is 353 Å². The van der Waals surface area contributed by atoms with Gasteiger partial charge in [-0.1, -0.05) is 159 Å². The number of ether oxygens (including phenoxy) is 16. The highest BCUT2D eigenvalue weighted by Gasteiger charge is 2.39. The van der Waals surface area contributed by atoms with Crippen LogP contribution < -0.4 is 0 Å². The molecule has 0 radical (unpaired) electrons. The summed E-state index contributed by atoms with van der Waals surface area (Å²) in [5.74, 6) is -14.8. The van der Waals surface area contributed by atoms with Crippen molar-refractivity contribution in [2.24, 2.45) is 37.9 Å². The van der Waals surface area contributed by atoms with Crippen LogP contribution in [0.5, 0.6) is 0 Å². The summed E-state index contributed by atoms with van der Waals surface area (Å²) in [6.07, 6.45) is -11.5. The normalized spacial score (nSPS) is 10.4. The van der Waals surface area contributed by atoms with Crippen molar-refractivity contribution in [3.8, 4) is 0 Å². The van der Waals surface area contributed by atoms with Crippen molar-refractivity contribution >= 4 is 95.5 Å². The number of hydrogen-bond donors (Lipinski definition) is 0. The molecule has 0 bridgehead atoms. The van der Waals surface area contributed by atoms with Gasteiger partial charge in [-0.3, -0.25) is 71.9 Å². The first-order valence-corrected chi connectivity index (χ1v) is 39.2. The maximum atomic E-state index is 13.8. The molecule has 0 fully saturated rings. The van der Waals surface area contributed by atoms with E-state index in [1.165, 1.54) is 6.92 Å². The number of alkyl halides is 8. The summed E-state index contributed by atoms with van der Waals surface area (Å²) in [6.45, 7) is 39.0. The quantitative estimate of drug-likeness (QED) is 0.0179. The Morgan fingerprint density at radius 1 is 0.200 bits per heavy atom. The Bertz CT molecular complexity index is 3090. The second kappa shape index (κ2) is 86.3. The molecule has 0 aromatic carbocycles. The molecule has 0 atom stereocenters. The van der Waals surface area contributed by atoms with E-state index < -0.39 is 159 Å². The Morgan fingerprint density at radius 2 is 0.319 bits per heavy atom. The summed E-state index contributed by atoms with van der Waals surface area (Å²) in [7, 11) is 0. The average Bonchev–Trinajstić information content (AvgIpc) is 0.920. The second-order valence-electron chi connectivity index (χ2n) is 31.1. The zero-order valence-electron chi connectivity index (χ0n) is 74.2. The minimum atomic E-state index is -4.59. The molecular formula is C95H186F8O32. The number of esters is 16. The minimum absolute atomic E-state index is 0. The third kappa shape index (κ3) is 90.9. The first-order chi connectivity index (χ1) is 55.4. The van der Waals surface area contributed by atoms with E-state index in [9.17, 15) is 112 Å². The predicted molar refractivity (Wildman–Crippen MR) is 507 cm³/mol. The third-order valence-corrected chi connectivity index (χ3v) is 17.6. The molecule has 814 valence electrons. The lowest BCUT2D eigenvalue weighted by Crippen LogP contribution is -2.30. The lowest BCUT2D eigenvalue weighted by molar-refractivity contribution is -0.175. The Balaban J connectivity index is -0.0000000724. The fraction of sp³-hybridized carbons (Fsp3) is 0.811. The highest BCUT2D eigenvalue weighted by Crippen LogP contribution is 2.29. The smallest absolute Gasteiger partial charge is 0.399 e. The fourth-order valence-electron chi connectivity index (χ4n) is 6.53. The molecule has 0 aromatic rings. The van der Waals surface area contributed by atoms with Crippen molar-refractivity contribution < 1.29 is 188 Å². The van der Waals surface area contributed by atoms with Gasteiger partial charge in [0.1, 0.15) is 131 Å². The van der Waals surface area contributed by atoms with Crippen LogP contribution in [0.3, 0.4) is 0 Å². The van der Waals surface area contributed by atoms with Gasteiger partial charge in [0.2, 0.25) is 0 Å². The van der Waals surface area contributed by atoms with Crippen molar-refractivity contribution in [3.63, 3.8) is 0 Å². The van der Waals surface area contributed by atoms with E-state index in [0.717, 1.165) is 0 Å². The standard InChI is InChI=1S/C21H34F2O8.C20H34O8.C18H28O8.2C11H17F3O4.14CH4/c1-7-19(3,4)17(26)30-11-9-28-15(24)13-21(22,23)14-16(25)29-10-12-31-18(27)20(5,6)8-2;1-7-19(3,4)17(23)27-13-11-25-15(21)9-10-16(22)26-12-14-28-18(24)20(5,6)8-2;1-6-18(4,5)17(22)26-12-10-24-15(20)8-7-14(19)23-9-11-25-16(21)13(2)3;2*1-4-10(2,3)9(16)18-6-5-17-8(15)7-11(12,13)14;;;;;;;;;;;;;;/h7-14H2,1-6H3;7-14H2,1-6H3;2,6-12H2,1,3-5H3;2*4-7H2,1-3H3;14*1H4. The van der Waals surface area contributed by atoms with Gasteiger partial charge in [-0.05, 0) is 149 Å². The maximum Gasteiger partial charge on any atom is 0.399 e. The van der Waals surface area contributed by atoms with Crippen molar-refractivity contribution in [2.45, 2.75) is 371 Å². The van der Waals surface area contributed by atoms with Crippen molar-refractivity contribution in [1.29, 1.82) is 0 Å². The Labute approximate surface area is 806 Å². The molecule has 0 aliphatic carbocycles. The molecule has 40 heteroatoms. The monoisotopic (exact) mass is 1990 g/mol. The molecule has 0 rings (SSSR count). The number of hydrogen-bond acceptors (Lipinski definition) is 32. The molecule has 0 unspecified atom stereocenters. The van der Waals surface area contributed by atoms with Gasteiger partial charge in [0.15, 0.2) is 0 Å². The summed E-state index contributed by atoms with van der Waals surface area (Å²) in [5, 5.41) is 0. The number of rotatable bonds is 51. The van der Waals surface area contributed by atoms with Gasteiger partial charge in [0.25, 0.3) is 5.92 Å². The van der Waals surface area contributed by atoms with Crippen LogP contribution in [-0.4, -0.2) is 219 Å². The topological polar surface area (TPSA) is 421 Å². The van der Waals surface area contributed by atoms with Crippen LogP contribution in [0.2, 0.25) is 0 Å². The number of carbonyl (C=O) groups excluding carboxylic acids is 16. The largest absolute Gasteiger partial charge is 0.462 e. The molecule has 135 heavy (non-hydrogen) atoms. The summed E-state index contributed by atoms with van der Waals surface area (Å²) in [6, 6.07) is 0. The van der Waals surface area contributed by atoms with Gasteiger partial charge in [-0.15, -0.1) is 0 Å². The Kier molecular flexibility index (Phi) is 110. The first kappa shape index (κ1) is 172. The van der Waals surface area contributed by atoms with E-state index in [1.807, 2.05) is 48.5 Å². The lowest BCUT2D eigenvalue weighted by Gasteiger charge is -2.20. The number of carbonyl (C=O) groups is 16. The summed E-state index contributed by atoms with van der Waals surface area (Å²) in [5.41, 5.74) is -4.17. The molecule has 0 aliphatic rings. The van der Waals surface area contributed by atoms with Crippen LogP contribution in [0, 0.1) is 37.9 Å². The summed E-state index contributed by atoms with van der Waals surface area (Å²) < 4.78 is 175. The van der Waals surface area contributed by atoms with E-state index >= 15 is 0 Å². The van der Waals surface area contributed by atoms with Crippen LogP contribution in [0.15, 0.2) is 12.2 Å². The zero-order chi connectivity index (χ0) is 95.0. The lowest BCUT2D eigenvalue weighted by atomic mass is 9.91. The van der Waals surface area contributed by atoms with Gasteiger partial charge in [0, 0.05) is 5.57 Å². The van der Waals surface area contributed by atoms with Gasteiger partial charge in [-0.25, -0.2) is 13.6 Å². The van der Waals surface area contributed by atoms with E-state index in [-0.39, 0.29) is 259 Å². The Morgan fingerprint density at radius 3 is 0.444 bits per heavy atom. The highest BCUT2D eigenvalue weighted by atomic mass is 19.4. The molecular weight excluding hydrogens is 1800 g/mol. The molecule has 0 aromatic heterocycles. The van der Waals surface area contributed by atoms with E-state index in [1.54, 1.807) is 96.9 Å². The molecule has 0 saturated carbocycles. The highest BCUT2D eigenvalue weighted by molar-refractivity contribution is 5.87. The molecule has 0 N–H and O–H groups in total. The summed E-state index contributed by atoms with van der Waals surface area (Å²) >= 11 is 0. The molecule has 0 aliphatic heterocycles. The van der Waals surface area contributed by atoms with E-state index in [4.69, 9.17) is 56.8 Å². The van der Waals surface area contributed by atoms with Crippen LogP contribution in [-0.2, 0) is 153 Å². The predicted octanol–water partition coefficient (Wildman–Crippen LogP) is 22.0. The Hall–Kier alpha value is -9.30. The maximum absolute atomic E-state index is 13.8. The fourth-order valence-corrected chi connectivity index (χ4v) is 6.53. The van der Waals surface area contributed by atoms with E-state index in [0.29, 0.717) is 44.9 Å². The third-order valence-electron chi connectivity index (χ3n) is 17.6. The van der Waals surface area contributed by atoms with E-state index in [2.05, 4.69) is 25.5 Å². The SMILES string of the molecule is C.C.C.C.C.C.C.C.C.C.C.C.C.C.C=C(C)C(=O)OCCOC(=O)CCC(=O)OCCOC(=O)C(C)(C)CC.CCC(C)(C)C(=O)OCCOC(=O)CC(F)(F)CC(=O)OCCOC(=O)C(C)(C)CC.CCC(C)(C)C(=O)OCCOC(=O)CC(F)(F)F.CCC(C)(C)C(=O)OCCOC(=O)CC(F)(F)F.CCC(C)(C)C(=O)OCCOC(=O)CCC(=O)OCCOC(=O)C(C)(C)CC. The van der Waals surface area contributed by atoms with Crippen molar-refractivity contribution in [2.75, 3.05) is 106 Å². The summed E-state index contributed by atoms with van der Waals surface area (Å²) in [4.78, 5) is 183. The van der Waals surface area contributed by atoms with Gasteiger partial charge >= 0.3 is 108 Å². The molecule has 0 spiro atoms.